The van der Waals surface area contributed by atoms with Crippen LogP contribution in [0.3, 0.4) is 0 Å². The molecule has 2 atom stereocenters. The quantitative estimate of drug-likeness (QED) is 0.815. The summed E-state index contributed by atoms with van der Waals surface area (Å²) < 4.78 is 1.95. The zero-order valence-electron chi connectivity index (χ0n) is 16.3. The lowest BCUT2D eigenvalue weighted by atomic mass is 9.95. The molecule has 0 unspecified atom stereocenters. The Balaban J connectivity index is 1.49. The molecule has 6 heteroatoms. The third kappa shape index (κ3) is 3.76. The van der Waals surface area contributed by atoms with Gasteiger partial charge in [0.25, 0.3) is 5.91 Å². The van der Waals surface area contributed by atoms with Crippen molar-refractivity contribution in [3.05, 3.63) is 47.5 Å². The molecule has 5 heterocycles. The molecule has 3 aliphatic heterocycles. The van der Waals surface area contributed by atoms with E-state index >= 15 is 0 Å². The van der Waals surface area contributed by atoms with Crippen molar-refractivity contribution in [2.24, 2.45) is 5.92 Å². The second-order valence-corrected chi connectivity index (χ2v) is 7.92. The van der Waals surface area contributed by atoms with Crippen LogP contribution in [0.25, 0.3) is 0 Å². The number of piperidine rings is 1. The molecule has 0 spiro atoms. The summed E-state index contributed by atoms with van der Waals surface area (Å²) in [5, 5.41) is 4.42. The van der Waals surface area contributed by atoms with Gasteiger partial charge in [0.05, 0.1) is 17.5 Å². The maximum Gasteiger partial charge on any atom is 0.257 e. The summed E-state index contributed by atoms with van der Waals surface area (Å²) in [7, 11) is 0. The number of pyridine rings is 1. The van der Waals surface area contributed by atoms with Gasteiger partial charge in [0.1, 0.15) is 0 Å². The third-order valence-electron chi connectivity index (χ3n) is 5.97. The highest BCUT2D eigenvalue weighted by Gasteiger charge is 2.37. The zero-order valence-corrected chi connectivity index (χ0v) is 16.3. The van der Waals surface area contributed by atoms with E-state index in [1.807, 2.05) is 29.9 Å². The molecule has 5 rings (SSSR count). The topological polar surface area (TPSA) is 54.3 Å². The largest absolute Gasteiger partial charge is 0.337 e. The predicted octanol–water partition coefficient (Wildman–Crippen LogP) is 2.73. The molecule has 6 nitrogen and oxygen atoms in total. The molecular formula is C21H29N5O. The Kier molecular flexibility index (Phi) is 5.25. The molecule has 1 amide bonds. The molecule has 0 aliphatic carbocycles. The van der Waals surface area contributed by atoms with Crippen molar-refractivity contribution < 1.29 is 4.79 Å². The minimum absolute atomic E-state index is 0.145. The Morgan fingerprint density at radius 1 is 1.22 bits per heavy atom. The standard InChI is InChI=1S/C21H29N5O/c1-3-10-26-16(2)20(11-23-26)21(27)25-13-17-7-8-19(15-25)24(12-17)14-18-6-4-5-9-22-18/h4-6,9,11,17,19H,3,7-8,10,12-15H2,1-2H3/t17-,19-/m1/s1. The molecule has 0 saturated carbocycles. The van der Waals surface area contributed by atoms with Crippen LogP contribution in [0.15, 0.2) is 30.6 Å². The summed E-state index contributed by atoms with van der Waals surface area (Å²) in [6.45, 7) is 8.59. The van der Waals surface area contributed by atoms with Gasteiger partial charge in [-0.2, -0.15) is 5.10 Å². The maximum absolute atomic E-state index is 13.2. The summed E-state index contributed by atoms with van der Waals surface area (Å²) >= 11 is 0. The van der Waals surface area contributed by atoms with E-state index in [2.05, 4.69) is 32.9 Å². The minimum atomic E-state index is 0.145. The van der Waals surface area contributed by atoms with E-state index in [-0.39, 0.29) is 5.91 Å². The fourth-order valence-corrected chi connectivity index (χ4v) is 4.50. The molecule has 3 fully saturated rings. The smallest absolute Gasteiger partial charge is 0.257 e. The molecule has 3 saturated heterocycles. The molecule has 2 aromatic rings. The number of hydrogen-bond acceptors (Lipinski definition) is 4. The molecule has 0 radical (unpaired) electrons. The number of carbonyl (C=O) groups excluding carboxylic acids is 1. The average molecular weight is 367 g/mol. The van der Waals surface area contributed by atoms with Gasteiger partial charge in [0.15, 0.2) is 0 Å². The van der Waals surface area contributed by atoms with Crippen molar-refractivity contribution >= 4 is 5.91 Å². The first-order chi connectivity index (χ1) is 13.2. The van der Waals surface area contributed by atoms with Gasteiger partial charge in [-0.05, 0) is 44.2 Å². The van der Waals surface area contributed by atoms with Gasteiger partial charge in [-0.3, -0.25) is 19.4 Å². The van der Waals surface area contributed by atoms with Gasteiger partial charge < -0.3 is 4.90 Å². The average Bonchev–Trinajstić information content (AvgIpc) is 2.85. The fraction of sp³-hybridized carbons (Fsp3) is 0.571. The van der Waals surface area contributed by atoms with Crippen LogP contribution in [0, 0.1) is 12.8 Å². The van der Waals surface area contributed by atoms with Gasteiger partial charge in [-0.25, -0.2) is 0 Å². The van der Waals surface area contributed by atoms with Crippen LogP contribution in [-0.4, -0.2) is 56.1 Å². The highest BCUT2D eigenvalue weighted by atomic mass is 16.2. The van der Waals surface area contributed by atoms with Gasteiger partial charge in [-0.15, -0.1) is 0 Å². The summed E-state index contributed by atoms with van der Waals surface area (Å²) in [5.41, 5.74) is 2.87. The van der Waals surface area contributed by atoms with E-state index in [0.717, 1.165) is 62.5 Å². The van der Waals surface area contributed by atoms with E-state index in [9.17, 15) is 4.79 Å². The van der Waals surface area contributed by atoms with Gasteiger partial charge in [0, 0.05) is 50.7 Å². The van der Waals surface area contributed by atoms with E-state index < -0.39 is 0 Å². The van der Waals surface area contributed by atoms with Crippen LogP contribution < -0.4 is 0 Å². The highest BCUT2D eigenvalue weighted by molar-refractivity contribution is 5.95. The van der Waals surface area contributed by atoms with E-state index in [1.165, 1.54) is 6.42 Å². The first kappa shape index (κ1) is 18.2. The van der Waals surface area contributed by atoms with Crippen LogP contribution >= 0.6 is 0 Å². The number of carbonyl (C=O) groups is 1. The Labute approximate surface area is 161 Å². The van der Waals surface area contributed by atoms with Crippen molar-refractivity contribution in [1.82, 2.24) is 24.6 Å². The molecule has 144 valence electrons. The number of fused-ring (bicyclic) bond motifs is 4. The zero-order chi connectivity index (χ0) is 18.8. The number of rotatable bonds is 5. The number of hydrogen-bond donors (Lipinski definition) is 0. The Hall–Kier alpha value is -2.21. The Bertz CT molecular complexity index is 787. The lowest BCUT2D eigenvalue weighted by molar-refractivity contribution is 0.0734. The number of nitrogens with zero attached hydrogens (tertiary/aromatic N) is 5. The third-order valence-corrected chi connectivity index (χ3v) is 5.97. The molecule has 27 heavy (non-hydrogen) atoms. The molecular weight excluding hydrogens is 338 g/mol. The molecule has 0 N–H and O–H groups in total. The van der Waals surface area contributed by atoms with Crippen LogP contribution in [0.5, 0.6) is 0 Å². The van der Waals surface area contributed by atoms with Crippen molar-refractivity contribution in [3.8, 4) is 0 Å². The van der Waals surface area contributed by atoms with Crippen molar-refractivity contribution in [3.63, 3.8) is 0 Å². The first-order valence-electron chi connectivity index (χ1n) is 10.1. The van der Waals surface area contributed by atoms with Crippen molar-refractivity contribution in [1.29, 1.82) is 0 Å². The second-order valence-electron chi connectivity index (χ2n) is 7.92. The summed E-state index contributed by atoms with van der Waals surface area (Å²) in [6, 6.07) is 6.51. The van der Waals surface area contributed by atoms with E-state index in [1.54, 1.807) is 6.20 Å². The van der Waals surface area contributed by atoms with Crippen LogP contribution in [0.1, 0.15) is 47.9 Å². The van der Waals surface area contributed by atoms with E-state index in [4.69, 9.17) is 0 Å². The minimum Gasteiger partial charge on any atom is -0.337 e. The second kappa shape index (κ2) is 7.80. The summed E-state index contributed by atoms with van der Waals surface area (Å²) in [6.07, 6.45) is 7.01. The SMILES string of the molecule is CCCn1ncc(C(=O)N2C[C@@H]3CC[C@H](C2)N(Cc2ccccn2)C3)c1C. The number of aryl methyl sites for hydroxylation is 1. The number of aromatic nitrogens is 3. The Morgan fingerprint density at radius 2 is 2.11 bits per heavy atom. The molecule has 0 aromatic carbocycles. The predicted molar refractivity (Wildman–Crippen MR) is 104 cm³/mol. The van der Waals surface area contributed by atoms with Crippen molar-refractivity contribution in [2.75, 3.05) is 19.6 Å². The monoisotopic (exact) mass is 367 g/mol. The lowest BCUT2D eigenvalue weighted by Crippen LogP contribution is -2.44. The molecule has 3 aliphatic rings. The van der Waals surface area contributed by atoms with Gasteiger partial charge >= 0.3 is 0 Å². The molecule has 2 aromatic heterocycles. The van der Waals surface area contributed by atoms with Crippen LogP contribution in [0.4, 0.5) is 0 Å². The van der Waals surface area contributed by atoms with Crippen molar-refractivity contribution in [2.45, 2.75) is 52.2 Å². The van der Waals surface area contributed by atoms with Gasteiger partial charge in [0.2, 0.25) is 0 Å². The normalized spacial score (nSPS) is 22.8. The summed E-state index contributed by atoms with van der Waals surface area (Å²) in [4.78, 5) is 22.3. The molecule has 2 bridgehead atoms. The number of amides is 1. The van der Waals surface area contributed by atoms with Gasteiger partial charge in [-0.1, -0.05) is 13.0 Å². The fourth-order valence-electron chi connectivity index (χ4n) is 4.50. The summed E-state index contributed by atoms with van der Waals surface area (Å²) in [5.74, 6) is 0.689. The first-order valence-corrected chi connectivity index (χ1v) is 10.1. The maximum atomic E-state index is 13.2. The highest BCUT2D eigenvalue weighted by Crippen LogP contribution is 2.30. The Morgan fingerprint density at radius 3 is 2.89 bits per heavy atom. The van der Waals surface area contributed by atoms with Crippen LogP contribution in [-0.2, 0) is 13.1 Å². The van der Waals surface area contributed by atoms with Crippen LogP contribution in [0.2, 0.25) is 0 Å². The lowest BCUT2D eigenvalue weighted by Gasteiger charge is -2.35. The van der Waals surface area contributed by atoms with E-state index in [0.29, 0.717) is 12.0 Å².